The highest BCUT2D eigenvalue weighted by atomic mass is 16.5. The summed E-state index contributed by atoms with van der Waals surface area (Å²) in [6, 6.07) is 28.1. The quantitative estimate of drug-likeness (QED) is 0.431. The summed E-state index contributed by atoms with van der Waals surface area (Å²) in [7, 11) is 0. The SMILES string of the molecule is C1=CC(C2Nc3ccccc3O2)CC(c2nc(-c3ccccc3)nc(-c3ccccc3)n2)=C1. The first-order valence-electron chi connectivity index (χ1n) is 11.1. The third kappa shape index (κ3) is 3.89. The fourth-order valence-electron chi connectivity index (χ4n) is 4.23. The van der Waals surface area contributed by atoms with E-state index in [9.17, 15) is 0 Å². The summed E-state index contributed by atoms with van der Waals surface area (Å²) in [6.07, 6.45) is 7.01. The van der Waals surface area contributed by atoms with Crippen molar-refractivity contribution in [1.82, 2.24) is 15.0 Å². The van der Waals surface area contributed by atoms with Crippen molar-refractivity contribution in [3.05, 3.63) is 109 Å². The molecule has 0 saturated carbocycles. The van der Waals surface area contributed by atoms with Crippen molar-refractivity contribution in [2.24, 2.45) is 5.92 Å². The van der Waals surface area contributed by atoms with Crippen LogP contribution in [0.2, 0.25) is 0 Å². The van der Waals surface area contributed by atoms with Gasteiger partial charge in [-0.15, -0.1) is 0 Å². The number of para-hydroxylation sites is 2. The maximum Gasteiger partial charge on any atom is 0.176 e. The Balaban J connectivity index is 1.34. The molecule has 0 spiro atoms. The van der Waals surface area contributed by atoms with Gasteiger partial charge in [-0.05, 0) is 24.1 Å². The summed E-state index contributed by atoms with van der Waals surface area (Å²) in [5.41, 5.74) is 4.04. The number of nitrogens with zero attached hydrogens (tertiary/aromatic N) is 3. The van der Waals surface area contributed by atoms with Gasteiger partial charge < -0.3 is 10.1 Å². The molecule has 0 fully saturated rings. The predicted octanol–water partition coefficient (Wildman–Crippen LogP) is 6.00. The second kappa shape index (κ2) is 8.36. The standard InChI is InChI=1S/C28H22N4O/c1-3-10-19(11-4-1)25-30-26(20-12-5-2-6-13-20)32-27(31-25)21-14-9-15-22(18-21)28-29-23-16-7-8-17-24(23)33-28/h1-17,22,28-29H,18H2. The molecule has 3 aromatic carbocycles. The average molecular weight is 431 g/mol. The summed E-state index contributed by atoms with van der Waals surface area (Å²) < 4.78 is 6.17. The molecule has 2 aliphatic rings. The Bertz CT molecular complexity index is 1270. The molecule has 0 saturated heterocycles. The molecule has 2 atom stereocenters. The number of fused-ring (bicyclic) bond motifs is 1. The van der Waals surface area contributed by atoms with Gasteiger partial charge in [0.1, 0.15) is 5.75 Å². The molecule has 1 N–H and O–H groups in total. The van der Waals surface area contributed by atoms with Gasteiger partial charge in [0.05, 0.1) is 5.69 Å². The van der Waals surface area contributed by atoms with E-state index < -0.39 is 0 Å². The largest absolute Gasteiger partial charge is 0.468 e. The first-order valence-corrected chi connectivity index (χ1v) is 11.1. The Morgan fingerprint density at radius 3 is 1.97 bits per heavy atom. The van der Waals surface area contributed by atoms with Crippen molar-refractivity contribution in [2.45, 2.75) is 12.6 Å². The van der Waals surface area contributed by atoms with Gasteiger partial charge in [0.25, 0.3) is 0 Å². The lowest BCUT2D eigenvalue weighted by Crippen LogP contribution is -2.30. The van der Waals surface area contributed by atoms with E-state index in [1.807, 2.05) is 84.9 Å². The van der Waals surface area contributed by atoms with Gasteiger partial charge in [-0.1, -0.05) is 91.0 Å². The molecule has 5 heteroatoms. The molecular weight excluding hydrogens is 408 g/mol. The van der Waals surface area contributed by atoms with Gasteiger partial charge in [0.2, 0.25) is 0 Å². The zero-order chi connectivity index (χ0) is 22.0. The van der Waals surface area contributed by atoms with Crippen molar-refractivity contribution in [1.29, 1.82) is 0 Å². The number of aromatic nitrogens is 3. The number of anilines is 1. The summed E-state index contributed by atoms with van der Waals surface area (Å²) >= 11 is 0. The van der Waals surface area contributed by atoms with Crippen LogP contribution in [0.15, 0.2) is 103 Å². The minimum atomic E-state index is -0.119. The highest BCUT2D eigenvalue weighted by molar-refractivity contribution is 5.69. The van der Waals surface area contributed by atoms with Crippen LogP contribution < -0.4 is 10.1 Å². The molecule has 4 aromatic rings. The summed E-state index contributed by atoms with van der Waals surface area (Å²) in [5, 5.41) is 3.50. The van der Waals surface area contributed by atoms with Crippen LogP contribution in [-0.2, 0) is 0 Å². The number of nitrogens with one attached hydrogen (secondary N) is 1. The highest BCUT2D eigenvalue weighted by Crippen LogP contribution is 2.37. The molecule has 0 radical (unpaired) electrons. The number of benzene rings is 3. The van der Waals surface area contributed by atoms with Crippen LogP contribution >= 0.6 is 0 Å². The van der Waals surface area contributed by atoms with Crippen molar-refractivity contribution in [3.63, 3.8) is 0 Å². The number of rotatable bonds is 4. The molecule has 5 nitrogen and oxygen atoms in total. The average Bonchev–Trinajstić information content (AvgIpc) is 3.34. The third-order valence-corrected chi connectivity index (χ3v) is 5.93. The van der Waals surface area contributed by atoms with Crippen LogP contribution in [-0.4, -0.2) is 21.2 Å². The smallest absolute Gasteiger partial charge is 0.176 e. The first kappa shape index (κ1) is 19.4. The zero-order valence-electron chi connectivity index (χ0n) is 17.9. The molecule has 1 aromatic heterocycles. The third-order valence-electron chi connectivity index (χ3n) is 5.93. The van der Waals surface area contributed by atoms with Crippen molar-refractivity contribution in [2.75, 3.05) is 5.32 Å². The van der Waals surface area contributed by atoms with E-state index in [-0.39, 0.29) is 12.1 Å². The Morgan fingerprint density at radius 2 is 1.30 bits per heavy atom. The fraction of sp³-hybridized carbons (Fsp3) is 0.107. The van der Waals surface area contributed by atoms with E-state index in [0.717, 1.165) is 34.6 Å². The van der Waals surface area contributed by atoms with Crippen LogP contribution in [0.3, 0.4) is 0 Å². The van der Waals surface area contributed by atoms with Gasteiger partial charge in [-0.3, -0.25) is 0 Å². The highest BCUT2D eigenvalue weighted by Gasteiger charge is 2.30. The summed E-state index contributed by atoms with van der Waals surface area (Å²) in [4.78, 5) is 14.5. The van der Waals surface area contributed by atoms with Gasteiger partial charge in [-0.2, -0.15) is 0 Å². The second-order valence-corrected chi connectivity index (χ2v) is 8.16. The number of hydrogen-bond donors (Lipinski definition) is 1. The van der Waals surface area contributed by atoms with Gasteiger partial charge in [0.15, 0.2) is 23.7 Å². The first-order chi connectivity index (χ1) is 16.3. The lowest BCUT2D eigenvalue weighted by atomic mass is 9.92. The summed E-state index contributed by atoms with van der Waals surface area (Å²) in [5.74, 6) is 3.11. The minimum absolute atomic E-state index is 0.119. The molecule has 0 bridgehead atoms. The lowest BCUT2D eigenvalue weighted by molar-refractivity contribution is 0.205. The zero-order valence-corrected chi connectivity index (χ0v) is 17.9. The lowest BCUT2D eigenvalue weighted by Gasteiger charge is -2.24. The van der Waals surface area contributed by atoms with E-state index >= 15 is 0 Å². The number of hydrogen-bond acceptors (Lipinski definition) is 5. The Labute approximate surface area is 192 Å². The Hall–Kier alpha value is -4.25. The van der Waals surface area contributed by atoms with Gasteiger partial charge in [-0.25, -0.2) is 15.0 Å². The molecule has 2 unspecified atom stereocenters. The van der Waals surface area contributed by atoms with E-state index in [4.69, 9.17) is 19.7 Å². The molecule has 1 aliphatic heterocycles. The van der Waals surface area contributed by atoms with E-state index in [0.29, 0.717) is 17.5 Å². The molecule has 33 heavy (non-hydrogen) atoms. The van der Waals surface area contributed by atoms with E-state index in [1.54, 1.807) is 0 Å². The van der Waals surface area contributed by atoms with Crippen LogP contribution in [0.4, 0.5) is 5.69 Å². The molecular formula is C28H22N4O. The number of allylic oxidation sites excluding steroid dienone is 3. The van der Waals surface area contributed by atoms with E-state index in [2.05, 4.69) is 23.5 Å². The second-order valence-electron chi connectivity index (χ2n) is 8.16. The fourth-order valence-corrected chi connectivity index (χ4v) is 4.23. The topological polar surface area (TPSA) is 59.9 Å². The van der Waals surface area contributed by atoms with E-state index in [1.165, 1.54) is 0 Å². The van der Waals surface area contributed by atoms with Crippen molar-refractivity contribution >= 4 is 11.3 Å². The molecule has 6 rings (SSSR count). The summed E-state index contributed by atoms with van der Waals surface area (Å²) in [6.45, 7) is 0. The molecule has 0 amide bonds. The monoisotopic (exact) mass is 430 g/mol. The number of ether oxygens (including phenoxy) is 1. The normalized spacial score (nSPS) is 18.7. The molecule has 160 valence electrons. The maximum absolute atomic E-state index is 6.17. The molecule has 1 aliphatic carbocycles. The maximum atomic E-state index is 6.17. The molecule has 2 heterocycles. The minimum Gasteiger partial charge on any atom is -0.468 e. The van der Waals surface area contributed by atoms with Crippen LogP contribution in [0.1, 0.15) is 12.2 Å². The van der Waals surface area contributed by atoms with Crippen LogP contribution in [0, 0.1) is 5.92 Å². The van der Waals surface area contributed by atoms with Crippen LogP contribution in [0.25, 0.3) is 28.3 Å². The van der Waals surface area contributed by atoms with Gasteiger partial charge in [0, 0.05) is 17.0 Å². The van der Waals surface area contributed by atoms with Crippen molar-refractivity contribution in [3.8, 4) is 28.5 Å². The Morgan fingerprint density at radius 1 is 0.697 bits per heavy atom. The van der Waals surface area contributed by atoms with Crippen LogP contribution in [0.5, 0.6) is 5.75 Å². The van der Waals surface area contributed by atoms with Gasteiger partial charge >= 0.3 is 0 Å². The van der Waals surface area contributed by atoms with Crippen molar-refractivity contribution < 1.29 is 4.74 Å². The Kier molecular flexibility index (Phi) is 4.92. The predicted molar refractivity (Wildman–Crippen MR) is 130 cm³/mol.